The van der Waals surface area contributed by atoms with Crippen LogP contribution in [0.15, 0.2) is 52.1 Å². The molecule has 0 amide bonds. The lowest BCUT2D eigenvalue weighted by Gasteiger charge is -2.24. The molecule has 0 saturated carbocycles. The largest absolute Gasteiger partial charge is 0.465 e. The minimum absolute atomic E-state index is 0.0359. The maximum atomic E-state index is 13.2. The molecule has 2 rings (SSSR count). The SMILES string of the molecule is COC(=O)c1cc(S(=O)(=O)N(CCN(C)C)Cc2cccnc2)ccc1Br. The molecule has 0 bridgehead atoms. The van der Waals surface area contributed by atoms with Crippen LogP contribution in [-0.4, -0.2) is 62.9 Å². The summed E-state index contributed by atoms with van der Waals surface area (Å²) in [6.07, 6.45) is 3.28. The number of nitrogens with zero attached hydrogens (tertiary/aromatic N) is 3. The summed E-state index contributed by atoms with van der Waals surface area (Å²) in [5.74, 6) is -0.606. The molecule has 27 heavy (non-hydrogen) atoms. The highest BCUT2D eigenvalue weighted by Gasteiger charge is 2.26. The molecule has 0 atom stereocenters. The maximum Gasteiger partial charge on any atom is 0.339 e. The van der Waals surface area contributed by atoms with Crippen molar-refractivity contribution < 1.29 is 17.9 Å². The summed E-state index contributed by atoms with van der Waals surface area (Å²) in [4.78, 5) is 17.9. The number of ether oxygens (including phenoxy) is 1. The second-order valence-electron chi connectivity index (χ2n) is 6.14. The topological polar surface area (TPSA) is 79.8 Å². The minimum atomic E-state index is -3.83. The van der Waals surface area contributed by atoms with Crippen molar-refractivity contribution in [2.45, 2.75) is 11.4 Å². The van der Waals surface area contributed by atoms with Gasteiger partial charge in [0.2, 0.25) is 10.0 Å². The third kappa shape index (κ3) is 5.58. The molecule has 0 aliphatic carbocycles. The Morgan fingerprint density at radius 1 is 1.22 bits per heavy atom. The fraction of sp³-hybridized carbons (Fsp3) is 0.333. The molecule has 0 N–H and O–H groups in total. The first kappa shape index (κ1) is 21.5. The van der Waals surface area contributed by atoms with Crippen LogP contribution in [-0.2, 0) is 21.3 Å². The van der Waals surface area contributed by atoms with E-state index in [1.165, 1.54) is 29.6 Å². The molecule has 0 aliphatic rings. The minimum Gasteiger partial charge on any atom is -0.465 e. The van der Waals surface area contributed by atoms with E-state index in [1.54, 1.807) is 18.5 Å². The molecule has 7 nitrogen and oxygen atoms in total. The monoisotopic (exact) mass is 455 g/mol. The average molecular weight is 456 g/mol. The van der Waals surface area contributed by atoms with Crippen molar-refractivity contribution in [2.75, 3.05) is 34.3 Å². The van der Waals surface area contributed by atoms with E-state index in [1.807, 2.05) is 25.1 Å². The second-order valence-corrected chi connectivity index (χ2v) is 8.93. The summed E-state index contributed by atoms with van der Waals surface area (Å²) in [5, 5.41) is 0. The van der Waals surface area contributed by atoms with Gasteiger partial charge in [-0.25, -0.2) is 13.2 Å². The van der Waals surface area contributed by atoms with Crippen molar-refractivity contribution in [3.63, 3.8) is 0 Å². The van der Waals surface area contributed by atoms with Gasteiger partial charge in [0.25, 0.3) is 0 Å². The molecule has 2 aromatic rings. The fourth-order valence-electron chi connectivity index (χ4n) is 2.37. The summed E-state index contributed by atoms with van der Waals surface area (Å²) >= 11 is 3.26. The van der Waals surface area contributed by atoms with E-state index in [-0.39, 0.29) is 17.0 Å². The van der Waals surface area contributed by atoms with Crippen molar-refractivity contribution in [3.05, 3.63) is 58.3 Å². The molecule has 1 aromatic heterocycles. The van der Waals surface area contributed by atoms with Crippen LogP contribution in [0, 0.1) is 0 Å². The van der Waals surface area contributed by atoms with Gasteiger partial charge < -0.3 is 9.64 Å². The van der Waals surface area contributed by atoms with Gasteiger partial charge in [0.15, 0.2) is 0 Å². The molecule has 0 aliphatic heterocycles. The molecular formula is C18H22BrN3O4S. The van der Waals surface area contributed by atoms with E-state index >= 15 is 0 Å². The van der Waals surface area contributed by atoms with Gasteiger partial charge in [-0.2, -0.15) is 4.31 Å². The van der Waals surface area contributed by atoms with Gasteiger partial charge in [-0.3, -0.25) is 4.98 Å². The molecule has 0 radical (unpaired) electrons. The standard InChI is InChI=1S/C18H22BrN3O4S/c1-21(2)9-10-22(13-14-5-4-8-20-12-14)27(24,25)15-6-7-17(19)16(11-15)18(23)26-3/h4-8,11-12H,9-10,13H2,1-3H3. The van der Waals surface area contributed by atoms with E-state index < -0.39 is 16.0 Å². The smallest absolute Gasteiger partial charge is 0.339 e. The van der Waals surface area contributed by atoms with Gasteiger partial charge in [0, 0.05) is 36.5 Å². The highest BCUT2D eigenvalue weighted by atomic mass is 79.9. The van der Waals surface area contributed by atoms with Gasteiger partial charge in [-0.1, -0.05) is 6.07 Å². The zero-order chi connectivity index (χ0) is 20.0. The van der Waals surface area contributed by atoms with E-state index in [0.29, 0.717) is 17.6 Å². The number of halogens is 1. The van der Waals surface area contributed by atoms with Crippen LogP contribution in [0.25, 0.3) is 0 Å². The number of likely N-dealkylation sites (N-methyl/N-ethyl adjacent to an activating group) is 1. The molecule has 0 fully saturated rings. The van der Waals surface area contributed by atoms with Gasteiger partial charge in [-0.15, -0.1) is 0 Å². The van der Waals surface area contributed by atoms with Gasteiger partial charge >= 0.3 is 5.97 Å². The third-order valence-electron chi connectivity index (χ3n) is 3.86. The number of carbonyl (C=O) groups is 1. The van der Waals surface area contributed by atoms with Gasteiger partial charge in [0.05, 0.1) is 17.6 Å². The highest BCUT2D eigenvalue weighted by Crippen LogP contribution is 2.25. The molecular weight excluding hydrogens is 434 g/mol. The Kier molecular flexibility index (Phi) is 7.49. The third-order valence-corrected chi connectivity index (χ3v) is 6.39. The van der Waals surface area contributed by atoms with E-state index in [4.69, 9.17) is 4.74 Å². The Balaban J connectivity index is 2.41. The van der Waals surface area contributed by atoms with Crippen LogP contribution < -0.4 is 0 Å². The molecule has 9 heteroatoms. The number of hydrogen-bond acceptors (Lipinski definition) is 6. The van der Waals surface area contributed by atoms with Crippen molar-refractivity contribution in [2.24, 2.45) is 0 Å². The van der Waals surface area contributed by atoms with Crippen molar-refractivity contribution in [1.29, 1.82) is 0 Å². The predicted octanol–water partition coefficient (Wildman–Crippen LogP) is 2.38. The molecule has 0 spiro atoms. The van der Waals surface area contributed by atoms with Crippen LogP contribution >= 0.6 is 15.9 Å². The zero-order valence-corrected chi connectivity index (χ0v) is 17.8. The van der Waals surface area contributed by atoms with E-state index in [0.717, 1.165) is 5.56 Å². The molecule has 1 aromatic carbocycles. The normalized spacial score (nSPS) is 11.8. The Morgan fingerprint density at radius 3 is 2.56 bits per heavy atom. The predicted molar refractivity (Wildman–Crippen MR) is 106 cm³/mol. The average Bonchev–Trinajstić information content (AvgIpc) is 2.65. The molecule has 146 valence electrons. The van der Waals surface area contributed by atoms with Crippen LogP contribution in [0.2, 0.25) is 0 Å². The number of methoxy groups -OCH3 is 1. The number of sulfonamides is 1. The number of carbonyl (C=O) groups excluding carboxylic acids is 1. The first-order chi connectivity index (χ1) is 12.8. The van der Waals surface area contributed by atoms with Crippen molar-refractivity contribution in [3.8, 4) is 0 Å². The summed E-state index contributed by atoms with van der Waals surface area (Å²) in [7, 11) is 1.18. The van der Waals surface area contributed by atoms with Crippen LogP contribution in [0.5, 0.6) is 0 Å². The van der Waals surface area contributed by atoms with Gasteiger partial charge in [0.1, 0.15) is 0 Å². The number of esters is 1. The lowest BCUT2D eigenvalue weighted by Crippen LogP contribution is -2.36. The first-order valence-corrected chi connectivity index (χ1v) is 10.4. The lowest BCUT2D eigenvalue weighted by molar-refractivity contribution is 0.0599. The molecule has 0 saturated heterocycles. The zero-order valence-electron chi connectivity index (χ0n) is 15.4. The summed E-state index contributed by atoms with van der Waals surface area (Å²) in [6.45, 7) is 1.04. The number of aromatic nitrogens is 1. The summed E-state index contributed by atoms with van der Waals surface area (Å²) in [5.41, 5.74) is 0.942. The van der Waals surface area contributed by atoms with Crippen molar-refractivity contribution in [1.82, 2.24) is 14.2 Å². The first-order valence-electron chi connectivity index (χ1n) is 8.17. The van der Waals surface area contributed by atoms with Crippen LogP contribution in [0.4, 0.5) is 0 Å². The number of benzene rings is 1. The van der Waals surface area contributed by atoms with Crippen LogP contribution in [0.1, 0.15) is 15.9 Å². The van der Waals surface area contributed by atoms with Crippen LogP contribution in [0.3, 0.4) is 0 Å². The molecule has 1 heterocycles. The number of rotatable bonds is 8. The Hall–Kier alpha value is -1.81. The lowest BCUT2D eigenvalue weighted by atomic mass is 10.2. The number of hydrogen-bond donors (Lipinski definition) is 0. The Labute approximate surface area is 168 Å². The Morgan fingerprint density at radius 2 is 1.96 bits per heavy atom. The Bertz CT molecular complexity index is 889. The highest BCUT2D eigenvalue weighted by molar-refractivity contribution is 9.10. The second kappa shape index (κ2) is 9.41. The molecule has 0 unspecified atom stereocenters. The van der Waals surface area contributed by atoms with E-state index in [2.05, 4.69) is 20.9 Å². The quantitative estimate of drug-likeness (QED) is 0.568. The number of pyridine rings is 1. The van der Waals surface area contributed by atoms with Gasteiger partial charge in [-0.05, 0) is 59.9 Å². The summed E-state index contributed by atoms with van der Waals surface area (Å²) in [6, 6.07) is 7.93. The van der Waals surface area contributed by atoms with E-state index in [9.17, 15) is 13.2 Å². The fourth-order valence-corrected chi connectivity index (χ4v) is 4.23. The summed E-state index contributed by atoms with van der Waals surface area (Å²) < 4.78 is 33.1. The van der Waals surface area contributed by atoms with Crippen molar-refractivity contribution >= 4 is 31.9 Å². The maximum absolute atomic E-state index is 13.2.